The smallest absolute Gasteiger partial charge is 0.224 e. The molecule has 7 nitrogen and oxygen atoms in total. The molecule has 0 unspecified atom stereocenters. The molecule has 2 aromatic carbocycles. The van der Waals surface area contributed by atoms with E-state index in [2.05, 4.69) is 9.62 Å². The number of ether oxygens (including phenoxy) is 1. The van der Waals surface area contributed by atoms with Gasteiger partial charge < -0.3 is 14.5 Å². The van der Waals surface area contributed by atoms with Gasteiger partial charge in [0.05, 0.1) is 19.4 Å². The van der Waals surface area contributed by atoms with Crippen LogP contribution in [0.3, 0.4) is 0 Å². The topological polar surface area (TPSA) is 79.0 Å². The van der Waals surface area contributed by atoms with Crippen molar-refractivity contribution >= 4 is 21.6 Å². The van der Waals surface area contributed by atoms with Crippen LogP contribution in [0.25, 0.3) is 0 Å². The van der Waals surface area contributed by atoms with E-state index in [0.29, 0.717) is 31.7 Å². The number of hydrogen-bond donors (Lipinski definition) is 1. The lowest BCUT2D eigenvalue weighted by atomic mass is 10.0. The average Bonchev–Trinajstić information content (AvgIpc) is 2.73. The third kappa shape index (κ3) is 5.93. The average molecular weight is 436 g/mol. The molecule has 0 radical (unpaired) electrons. The highest BCUT2D eigenvalue weighted by Crippen LogP contribution is 2.23. The van der Waals surface area contributed by atoms with Crippen LogP contribution in [0.2, 0.25) is 0 Å². The second-order valence-corrected chi connectivity index (χ2v) is 9.04. The minimum absolute atomic E-state index is 0.0265. The Morgan fingerprint density at radius 1 is 1.07 bits per heavy atom. The summed E-state index contributed by atoms with van der Waals surface area (Å²) in [7, 11) is -1.92. The molecule has 0 spiro atoms. The third-order valence-electron chi connectivity index (χ3n) is 5.08. The maximum atomic E-state index is 13.2. The Labute approximate surface area is 176 Å². The first-order valence-electron chi connectivity index (χ1n) is 9.65. The molecule has 1 atom stereocenters. The van der Waals surface area contributed by atoms with Crippen molar-refractivity contribution in [1.29, 1.82) is 0 Å². The van der Waals surface area contributed by atoms with Gasteiger partial charge in [-0.1, -0.05) is 12.1 Å². The van der Waals surface area contributed by atoms with Gasteiger partial charge in [-0.2, -0.15) is 0 Å². The summed E-state index contributed by atoms with van der Waals surface area (Å²) in [6.45, 7) is 2.44. The maximum absolute atomic E-state index is 13.2. The van der Waals surface area contributed by atoms with Gasteiger partial charge in [0.25, 0.3) is 0 Å². The van der Waals surface area contributed by atoms with Crippen LogP contribution in [0.15, 0.2) is 48.5 Å². The summed E-state index contributed by atoms with van der Waals surface area (Å²) in [6.07, 6.45) is 1.02. The molecule has 1 heterocycles. The van der Waals surface area contributed by atoms with Gasteiger partial charge in [-0.05, 0) is 42.0 Å². The molecule has 162 valence electrons. The lowest BCUT2D eigenvalue weighted by molar-refractivity contribution is -0.132. The number of carbonyl (C=O) groups is 1. The van der Waals surface area contributed by atoms with E-state index >= 15 is 0 Å². The number of nitrogens with zero attached hydrogens (tertiary/aromatic N) is 2. The van der Waals surface area contributed by atoms with Crippen molar-refractivity contribution in [2.45, 2.75) is 12.5 Å². The molecule has 1 aliphatic rings. The summed E-state index contributed by atoms with van der Waals surface area (Å²) in [5.74, 6) is 0.227. The first kappa shape index (κ1) is 22.0. The van der Waals surface area contributed by atoms with Gasteiger partial charge in [0, 0.05) is 38.3 Å². The Bertz CT molecular complexity index is 957. The molecule has 1 N–H and O–H groups in total. The maximum Gasteiger partial charge on any atom is 0.224 e. The van der Waals surface area contributed by atoms with Crippen LogP contribution < -0.4 is 14.4 Å². The van der Waals surface area contributed by atoms with E-state index in [-0.39, 0.29) is 12.3 Å². The first-order chi connectivity index (χ1) is 14.2. The quantitative estimate of drug-likeness (QED) is 0.721. The molecule has 0 aliphatic carbocycles. The van der Waals surface area contributed by atoms with Crippen molar-refractivity contribution in [2.75, 3.05) is 44.4 Å². The number of hydrogen-bond acceptors (Lipinski definition) is 5. The summed E-state index contributed by atoms with van der Waals surface area (Å²) in [5, 5.41) is 0. The van der Waals surface area contributed by atoms with Gasteiger partial charge >= 0.3 is 0 Å². The van der Waals surface area contributed by atoms with E-state index in [1.165, 1.54) is 24.3 Å². The fourth-order valence-corrected chi connectivity index (χ4v) is 4.23. The number of sulfonamides is 1. The number of piperazine rings is 1. The summed E-state index contributed by atoms with van der Waals surface area (Å²) in [5.41, 5.74) is 1.61. The van der Waals surface area contributed by atoms with Crippen LogP contribution in [0.1, 0.15) is 18.0 Å². The second-order valence-electron chi connectivity index (χ2n) is 7.26. The number of benzene rings is 2. The molecule has 3 rings (SSSR count). The van der Waals surface area contributed by atoms with Gasteiger partial charge in [0.15, 0.2) is 0 Å². The second kappa shape index (κ2) is 9.44. The Hall–Kier alpha value is -2.65. The highest BCUT2D eigenvalue weighted by Gasteiger charge is 2.26. The molecule has 9 heteroatoms. The van der Waals surface area contributed by atoms with E-state index in [9.17, 15) is 17.6 Å². The molecule has 0 saturated carbocycles. The Kier molecular flexibility index (Phi) is 6.94. The van der Waals surface area contributed by atoms with Crippen LogP contribution >= 0.6 is 0 Å². The molecule has 0 bridgehead atoms. The molecule has 0 aromatic heterocycles. The number of carbonyl (C=O) groups excluding carboxylic acids is 1. The number of rotatable bonds is 7. The van der Waals surface area contributed by atoms with E-state index in [0.717, 1.165) is 17.7 Å². The van der Waals surface area contributed by atoms with Gasteiger partial charge in [-0.3, -0.25) is 4.79 Å². The number of halogens is 1. The van der Waals surface area contributed by atoms with E-state index in [1.54, 1.807) is 12.0 Å². The Balaban J connectivity index is 1.62. The van der Waals surface area contributed by atoms with Crippen LogP contribution in [0.5, 0.6) is 5.75 Å². The number of nitrogens with one attached hydrogen (secondary N) is 1. The molecule has 1 fully saturated rings. The standard InChI is InChI=1S/C21H26FN3O4S/c1-29-19-9-7-18(8-10-19)24-11-13-25(14-12-24)21(26)15-20(23-30(2,27)28)16-3-5-17(22)6-4-16/h3-10,20,23H,11-15H2,1-2H3/t20-/m1/s1. The van der Waals surface area contributed by atoms with Crippen molar-refractivity contribution in [3.05, 3.63) is 59.9 Å². The van der Waals surface area contributed by atoms with Crippen LogP contribution in [0, 0.1) is 5.82 Å². The van der Waals surface area contributed by atoms with E-state index < -0.39 is 21.9 Å². The highest BCUT2D eigenvalue weighted by atomic mass is 32.2. The minimum Gasteiger partial charge on any atom is -0.497 e. The normalized spacial score (nSPS) is 15.7. The predicted octanol–water partition coefficient (Wildman–Crippen LogP) is 2.16. The monoisotopic (exact) mass is 435 g/mol. The Morgan fingerprint density at radius 3 is 2.20 bits per heavy atom. The zero-order valence-electron chi connectivity index (χ0n) is 17.0. The van der Waals surface area contributed by atoms with Crippen LogP contribution in [-0.2, 0) is 14.8 Å². The van der Waals surface area contributed by atoms with Crippen molar-refractivity contribution in [1.82, 2.24) is 9.62 Å². The zero-order valence-corrected chi connectivity index (χ0v) is 17.9. The largest absolute Gasteiger partial charge is 0.497 e. The van der Waals surface area contributed by atoms with Gasteiger partial charge in [0.1, 0.15) is 11.6 Å². The molecular formula is C21H26FN3O4S. The molecule has 1 amide bonds. The number of amides is 1. The lowest BCUT2D eigenvalue weighted by Crippen LogP contribution is -2.49. The van der Waals surface area contributed by atoms with Crippen LogP contribution in [-0.4, -0.2) is 58.8 Å². The van der Waals surface area contributed by atoms with Crippen LogP contribution in [0.4, 0.5) is 10.1 Å². The van der Waals surface area contributed by atoms with Crippen molar-refractivity contribution in [3.8, 4) is 5.75 Å². The van der Waals surface area contributed by atoms with Gasteiger partial charge in [0.2, 0.25) is 15.9 Å². The molecule has 1 saturated heterocycles. The lowest BCUT2D eigenvalue weighted by Gasteiger charge is -2.36. The van der Waals surface area contributed by atoms with Crippen molar-refractivity contribution < 1.29 is 22.3 Å². The SMILES string of the molecule is COc1ccc(N2CCN(C(=O)C[C@@H](NS(C)(=O)=O)c3ccc(F)cc3)CC2)cc1. The summed E-state index contributed by atoms with van der Waals surface area (Å²) in [4.78, 5) is 16.8. The zero-order chi connectivity index (χ0) is 21.7. The molecule has 2 aromatic rings. The summed E-state index contributed by atoms with van der Waals surface area (Å²) in [6, 6.07) is 12.5. The van der Waals surface area contributed by atoms with Crippen molar-refractivity contribution in [3.63, 3.8) is 0 Å². The fourth-order valence-electron chi connectivity index (χ4n) is 3.49. The molecule has 1 aliphatic heterocycles. The number of anilines is 1. The fraction of sp³-hybridized carbons (Fsp3) is 0.381. The minimum atomic E-state index is -3.54. The van der Waals surface area contributed by atoms with E-state index in [1.807, 2.05) is 24.3 Å². The molecular weight excluding hydrogens is 409 g/mol. The first-order valence-corrected chi connectivity index (χ1v) is 11.5. The summed E-state index contributed by atoms with van der Waals surface area (Å²) < 4.78 is 44.4. The summed E-state index contributed by atoms with van der Waals surface area (Å²) >= 11 is 0. The molecule has 30 heavy (non-hydrogen) atoms. The van der Waals surface area contributed by atoms with E-state index in [4.69, 9.17) is 4.74 Å². The number of methoxy groups -OCH3 is 1. The van der Waals surface area contributed by atoms with Crippen molar-refractivity contribution in [2.24, 2.45) is 0 Å². The van der Waals surface area contributed by atoms with Gasteiger partial charge in [-0.25, -0.2) is 17.5 Å². The highest BCUT2D eigenvalue weighted by molar-refractivity contribution is 7.88. The Morgan fingerprint density at radius 2 is 1.67 bits per heavy atom. The third-order valence-corrected chi connectivity index (χ3v) is 5.79. The van der Waals surface area contributed by atoms with Gasteiger partial charge in [-0.15, -0.1) is 0 Å². The predicted molar refractivity (Wildman–Crippen MR) is 114 cm³/mol.